The molecule has 0 aliphatic rings. The summed E-state index contributed by atoms with van der Waals surface area (Å²) >= 11 is 3.06. The molecule has 0 aliphatic heterocycles. The maximum absolute atomic E-state index is 13.0. The average molecular weight is 373 g/mol. The summed E-state index contributed by atoms with van der Waals surface area (Å²) in [4.78, 5) is 18.7. The number of amides is 1. The Balaban J connectivity index is 1.61. The van der Waals surface area contributed by atoms with Gasteiger partial charge in [-0.3, -0.25) is 4.79 Å². The van der Waals surface area contributed by atoms with E-state index in [1.165, 1.54) is 28.3 Å². The number of halogens is 1. The molecule has 3 rings (SSSR count). The van der Waals surface area contributed by atoms with Crippen molar-refractivity contribution >= 4 is 34.3 Å². The van der Waals surface area contributed by atoms with Crippen molar-refractivity contribution in [1.82, 2.24) is 10.4 Å². The van der Waals surface area contributed by atoms with Crippen LogP contribution in [0.3, 0.4) is 0 Å². The van der Waals surface area contributed by atoms with Crippen LogP contribution in [-0.4, -0.2) is 16.6 Å². The van der Waals surface area contributed by atoms with Gasteiger partial charge in [-0.25, -0.2) is 14.8 Å². The number of rotatable bonds is 5. The molecule has 1 amide bonds. The first-order chi connectivity index (χ1) is 12.0. The smallest absolute Gasteiger partial charge is 0.246 e. The van der Waals surface area contributed by atoms with E-state index in [0.29, 0.717) is 5.69 Å². The Morgan fingerprint density at radius 3 is 2.68 bits per heavy atom. The van der Waals surface area contributed by atoms with Crippen LogP contribution in [0.15, 0.2) is 46.9 Å². The van der Waals surface area contributed by atoms with Crippen LogP contribution < -0.4 is 5.43 Å². The highest BCUT2D eigenvalue weighted by Crippen LogP contribution is 2.24. The number of aryl methyl sites for hydroxylation is 1. The van der Waals surface area contributed by atoms with Gasteiger partial charge in [-0.05, 0) is 50.2 Å². The van der Waals surface area contributed by atoms with Crippen LogP contribution in [0.4, 0.5) is 4.39 Å². The first-order valence-electron chi connectivity index (χ1n) is 7.61. The second-order valence-corrected chi connectivity index (χ2v) is 7.62. The Hall–Kier alpha value is -2.38. The maximum Gasteiger partial charge on any atom is 0.246 e. The van der Waals surface area contributed by atoms with Crippen LogP contribution in [0.2, 0.25) is 0 Å². The molecular formula is C18H16FN3OS2. The topological polar surface area (TPSA) is 54.4 Å². The fraction of sp³-hybridized carbons (Fsp3) is 0.167. The van der Waals surface area contributed by atoms with Crippen molar-refractivity contribution in [3.8, 4) is 10.6 Å². The molecule has 1 aromatic carbocycles. The quantitative estimate of drug-likeness (QED) is 0.532. The summed E-state index contributed by atoms with van der Waals surface area (Å²) < 4.78 is 13.0. The van der Waals surface area contributed by atoms with E-state index in [2.05, 4.69) is 15.5 Å². The van der Waals surface area contributed by atoms with Gasteiger partial charge in [0.1, 0.15) is 10.8 Å². The fourth-order valence-corrected chi connectivity index (χ4v) is 3.79. The van der Waals surface area contributed by atoms with Crippen LogP contribution in [-0.2, 0) is 11.2 Å². The lowest BCUT2D eigenvalue weighted by Crippen LogP contribution is -2.21. The Bertz CT molecular complexity index is 913. The molecule has 0 bridgehead atoms. The van der Waals surface area contributed by atoms with Crippen molar-refractivity contribution in [2.24, 2.45) is 5.10 Å². The van der Waals surface area contributed by atoms with Gasteiger partial charge in [-0.15, -0.1) is 22.7 Å². The third-order valence-corrected chi connectivity index (χ3v) is 5.48. The molecule has 0 atom stereocenters. The molecule has 0 saturated carbocycles. The largest absolute Gasteiger partial charge is 0.273 e. The van der Waals surface area contributed by atoms with Crippen molar-refractivity contribution in [3.63, 3.8) is 0 Å². The van der Waals surface area contributed by atoms with E-state index in [-0.39, 0.29) is 18.1 Å². The summed E-state index contributed by atoms with van der Waals surface area (Å²) in [6.07, 6.45) is 0.151. The number of nitrogens with one attached hydrogen (secondary N) is 1. The summed E-state index contributed by atoms with van der Waals surface area (Å²) in [5, 5.41) is 6.73. The van der Waals surface area contributed by atoms with Gasteiger partial charge in [0, 0.05) is 15.8 Å². The van der Waals surface area contributed by atoms with Gasteiger partial charge >= 0.3 is 0 Å². The SMILES string of the molecule is C/C(=N/NC(=O)Cc1csc(-c2ccc(F)cc2)n1)c1ccc(C)s1. The van der Waals surface area contributed by atoms with Gasteiger partial charge in [0.25, 0.3) is 0 Å². The number of carbonyl (C=O) groups excluding carboxylic acids is 1. The Kier molecular flexibility index (Phi) is 5.35. The summed E-state index contributed by atoms with van der Waals surface area (Å²) in [6.45, 7) is 3.89. The minimum absolute atomic E-state index is 0.151. The fourth-order valence-electron chi connectivity index (χ4n) is 2.15. The predicted molar refractivity (Wildman–Crippen MR) is 101 cm³/mol. The zero-order valence-electron chi connectivity index (χ0n) is 13.7. The highest BCUT2D eigenvalue weighted by molar-refractivity contribution is 7.14. The lowest BCUT2D eigenvalue weighted by Gasteiger charge is -2.00. The zero-order valence-corrected chi connectivity index (χ0v) is 15.4. The van der Waals surface area contributed by atoms with E-state index >= 15 is 0 Å². The number of hydrogen-bond donors (Lipinski definition) is 1. The van der Waals surface area contributed by atoms with Gasteiger partial charge in [0.15, 0.2) is 0 Å². The maximum atomic E-state index is 13.0. The molecule has 0 fully saturated rings. The van der Waals surface area contributed by atoms with Gasteiger partial charge < -0.3 is 0 Å². The van der Waals surface area contributed by atoms with Crippen molar-refractivity contribution in [2.75, 3.05) is 0 Å². The van der Waals surface area contributed by atoms with Crippen LogP contribution in [0.1, 0.15) is 22.4 Å². The third kappa shape index (κ3) is 4.58. The molecular weight excluding hydrogens is 357 g/mol. The summed E-state index contributed by atoms with van der Waals surface area (Å²) in [5.41, 5.74) is 4.84. The van der Waals surface area contributed by atoms with E-state index in [9.17, 15) is 9.18 Å². The van der Waals surface area contributed by atoms with Gasteiger partial charge in [0.2, 0.25) is 5.91 Å². The molecule has 0 aliphatic carbocycles. The standard InChI is InChI=1S/C18H16FN3OS2/c1-11-3-8-16(25-11)12(2)21-22-17(23)9-15-10-24-18(20-15)13-4-6-14(19)7-5-13/h3-8,10H,9H2,1-2H3,(H,22,23)/b21-12-. The number of thiophene rings is 1. The Labute approximate surface area is 153 Å². The number of hydrazone groups is 1. The van der Waals surface area contributed by atoms with Gasteiger partial charge in [-0.2, -0.15) is 5.10 Å². The highest BCUT2D eigenvalue weighted by Gasteiger charge is 2.09. The first kappa shape index (κ1) is 17.4. The molecule has 2 heterocycles. The third-order valence-electron chi connectivity index (χ3n) is 3.43. The number of carbonyl (C=O) groups is 1. The second-order valence-electron chi connectivity index (χ2n) is 5.47. The van der Waals surface area contributed by atoms with E-state index in [0.717, 1.165) is 21.2 Å². The van der Waals surface area contributed by atoms with Crippen LogP contribution in [0.5, 0.6) is 0 Å². The van der Waals surface area contributed by atoms with E-state index in [1.807, 2.05) is 31.4 Å². The molecule has 2 aromatic heterocycles. The van der Waals surface area contributed by atoms with Crippen molar-refractivity contribution in [3.05, 3.63) is 63.0 Å². The monoisotopic (exact) mass is 373 g/mol. The number of aromatic nitrogens is 1. The first-order valence-corrected chi connectivity index (χ1v) is 9.31. The van der Waals surface area contributed by atoms with E-state index < -0.39 is 0 Å². The molecule has 0 unspecified atom stereocenters. The van der Waals surface area contributed by atoms with Gasteiger partial charge in [0.05, 0.1) is 22.7 Å². The molecule has 3 aromatic rings. The number of benzene rings is 1. The molecule has 0 radical (unpaired) electrons. The number of nitrogens with zero attached hydrogens (tertiary/aromatic N) is 2. The van der Waals surface area contributed by atoms with Crippen molar-refractivity contribution in [2.45, 2.75) is 20.3 Å². The number of hydrogen-bond acceptors (Lipinski definition) is 5. The zero-order chi connectivity index (χ0) is 17.8. The Morgan fingerprint density at radius 1 is 1.24 bits per heavy atom. The summed E-state index contributed by atoms with van der Waals surface area (Å²) in [6, 6.07) is 10.1. The predicted octanol–water partition coefficient (Wildman–Crippen LogP) is 4.40. The van der Waals surface area contributed by atoms with Gasteiger partial charge in [-0.1, -0.05) is 0 Å². The molecule has 128 valence electrons. The molecule has 1 N–H and O–H groups in total. The van der Waals surface area contributed by atoms with Crippen LogP contribution >= 0.6 is 22.7 Å². The average Bonchev–Trinajstić information content (AvgIpc) is 3.22. The lowest BCUT2D eigenvalue weighted by atomic mass is 10.2. The minimum atomic E-state index is -0.283. The van der Waals surface area contributed by atoms with Crippen LogP contribution in [0, 0.1) is 12.7 Å². The molecule has 7 heteroatoms. The van der Waals surface area contributed by atoms with Crippen molar-refractivity contribution < 1.29 is 9.18 Å². The van der Waals surface area contributed by atoms with E-state index in [4.69, 9.17) is 0 Å². The molecule has 0 saturated heterocycles. The molecule has 4 nitrogen and oxygen atoms in total. The normalized spacial score (nSPS) is 11.6. The lowest BCUT2D eigenvalue weighted by molar-refractivity contribution is -0.120. The molecule has 25 heavy (non-hydrogen) atoms. The number of thiazole rings is 1. The summed E-state index contributed by atoms with van der Waals surface area (Å²) in [5.74, 6) is -0.502. The van der Waals surface area contributed by atoms with E-state index in [1.54, 1.807) is 23.5 Å². The summed E-state index contributed by atoms with van der Waals surface area (Å²) in [7, 11) is 0. The minimum Gasteiger partial charge on any atom is -0.273 e. The van der Waals surface area contributed by atoms with Crippen molar-refractivity contribution in [1.29, 1.82) is 0 Å². The Morgan fingerprint density at radius 2 is 2.00 bits per heavy atom. The van der Waals surface area contributed by atoms with Crippen LogP contribution in [0.25, 0.3) is 10.6 Å². The highest BCUT2D eigenvalue weighted by atomic mass is 32.1. The second kappa shape index (κ2) is 7.67. The molecule has 0 spiro atoms.